The van der Waals surface area contributed by atoms with Crippen molar-refractivity contribution in [2.24, 2.45) is 0 Å². The zero-order valence-electron chi connectivity index (χ0n) is 11.0. The predicted molar refractivity (Wildman–Crippen MR) is 75.2 cm³/mol. The molecule has 0 atom stereocenters. The van der Waals surface area contributed by atoms with E-state index in [1.54, 1.807) is 0 Å². The summed E-state index contributed by atoms with van der Waals surface area (Å²) in [5.74, 6) is 1.61. The van der Waals surface area contributed by atoms with Gasteiger partial charge in [-0.15, -0.1) is 0 Å². The van der Waals surface area contributed by atoms with Gasteiger partial charge in [0.15, 0.2) is 0 Å². The molecule has 0 bridgehead atoms. The summed E-state index contributed by atoms with van der Waals surface area (Å²) in [5, 5.41) is 3.11. The lowest BCUT2D eigenvalue weighted by Gasteiger charge is -2.18. The normalized spacial score (nSPS) is 10.8. The molecule has 17 heavy (non-hydrogen) atoms. The minimum atomic E-state index is 0.134. The Bertz CT molecular complexity index is 378. The van der Waals surface area contributed by atoms with Crippen LogP contribution in [0.1, 0.15) is 27.7 Å². The van der Waals surface area contributed by atoms with Crippen LogP contribution in [0.15, 0.2) is 16.6 Å². The van der Waals surface area contributed by atoms with E-state index in [1.807, 2.05) is 46.9 Å². The van der Waals surface area contributed by atoms with E-state index in [-0.39, 0.29) is 12.2 Å². The fourth-order valence-electron chi connectivity index (χ4n) is 1.43. The zero-order valence-corrected chi connectivity index (χ0v) is 12.6. The smallest absolute Gasteiger partial charge is 0.146 e. The van der Waals surface area contributed by atoms with Gasteiger partial charge in [0, 0.05) is 13.1 Å². The molecule has 96 valence electrons. The highest BCUT2D eigenvalue weighted by molar-refractivity contribution is 9.10. The maximum Gasteiger partial charge on any atom is 0.146 e. The van der Waals surface area contributed by atoms with Crippen molar-refractivity contribution in [1.82, 2.24) is 0 Å². The quantitative estimate of drug-likeness (QED) is 0.889. The maximum absolute atomic E-state index is 5.75. The lowest BCUT2D eigenvalue weighted by atomic mass is 10.2. The molecule has 0 radical (unpaired) electrons. The number of ether oxygens (including phenoxy) is 2. The van der Waals surface area contributed by atoms with E-state index in [0.717, 1.165) is 21.7 Å². The van der Waals surface area contributed by atoms with Gasteiger partial charge in [0.2, 0.25) is 0 Å². The van der Waals surface area contributed by atoms with Gasteiger partial charge in [-0.1, -0.05) is 0 Å². The standard InChI is InChI=1S/C13H20BrNO2/c1-8(2)16-12-7-13(17-9(3)4)11(15-5)6-10(12)14/h6-9,15H,1-5H3. The van der Waals surface area contributed by atoms with Crippen LogP contribution in [-0.4, -0.2) is 19.3 Å². The van der Waals surface area contributed by atoms with Gasteiger partial charge < -0.3 is 14.8 Å². The zero-order chi connectivity index (χ0) is 13.0. The van der Waals surface area contributed by atoms with Crippen LogP contribution in [0.3, 0.4) is 0 Å². The van der Waals surface area contributed by atoms with Crippen LogP contribution in [0.5, 0.6) is 11.5 Å². The molecule has 0 amide bonds. The van der Waals surface area contributed by atoms with Gasteiger partial charge in [0.05, 0.1) is 22.4 Å². The van der Waals surface area contributed by atoms with Crippen molar-refractivity contribution in [3.05, 3.63) is 16.6 Å². The fourth-order valence-corrected chi connectivity index (χ4v) is 1.86. The summed E-state index contributed by atoms with van der Waals surface area (Å²) in [4.78, 5) is 0. The Balaban J connectivity index is 3.08. The van der Waals surface area contributed by atoms with E-state index >= 15 is 0 Å². The Kier molecular flexibility index (Phi) is 5.12. The van der Waals surface area contributed by atoms with E-state index in [2.05, 4.69) is 21.2 Å². The van der Waals surface area contributed by atoms with E-state index in [0.29, 0.717) is 0 Å². The van der Waals surface area contributed by atoms with Crippen molar-refractivity contribution in [1.29, 1.82) is 0 Å². The maximum atomic E-state index is 5.75. The topological polar surface area (TPSA) is 30.5 Å². The number of hydrogen-bond acceptors (Lipinski definition) is 3. The second kappa shape index (κ2) is 6.15. The second-order valence-electron chi connectivity index (χ2n) is 4.36. The number of hydrogen-bond donors (Lipinski definition) is 1. The third-order valence-corrected chi connectivity index (χ3v) is 2.65. The number of halogens is 1. The Hall–Kier alpha value is -0.900. The summed E-state index contributed by atoms with van der Waals surface area (Å²) < 4.78 is 12.4. The first-order valence-electron chi connectivity index (χ1n) is 5.78. The summed E-state index contributed by atoms with van der Waals surface area (Å²) in [6, 6.07) is 3.88. The van der Waals surface area contributed by atoms with Gasteiger partial charge in [0.25, 0.3) is 0 Å². The number of anilines is 1. The average molecular weight is 302 g/mol. The molecule has 3 nitrogen and oxygen atoms in total. The molecule has 0 heterocycles. The van der Waals surface area contributed by atoms with Crippen LogP contribution < -0.4 is 14.8 Å². The second-order valence-corrected chi connectivity index (χ2v) is 5.22. The molecule has 0 saturated heterocycles. The molecular formula is C13H20BrNO2. The third-order valence-electron chi connectivity index (χ3n) is 2.03. The van der Waals surface area contributed by atoms with Crippen molar-refractivity contribution in [2.45, 2.75) is 39.9 Å². The molecule has 0 unspecified atom stereocenters. The molecule has 1 aromatic carbocycles. The van der Waals surface area contributed by atoms with E-state index in [4.69, 9.17) is 9.47 Å². The molecule has 0 aliphatic rings. The van der Waals surface area contributed by atoms with Gasteiger partial charge in [0.1, 0.15) is 11.5 Å². The van der Waals surface area contributed by atoms with Gasteiger partial charge in [-0.25, -0.2) is 0 Å². The minimum absolute atomic E-state index is 0.134. The third kappa shape index (κ3) is 4.11. The Morgan fingerprint density at radius 1 is 1.00 bits per heavy atom. The largest absolute Gasteiger partial charge is 0.490 e. The molecule has 0 saturated carbocycles. The molecule has 4 heteroatoms. The first-order valence-corrected chi connectivity index (χ1v) is 6.58. The number of nitrogens with one attached hydrogen (secondary N) is 1. The van der Waals surface area contributed by atoms with Crippen molar-refractivity contribution in [2.75, 3.05) is 12.4 Å². The number of benzene rings is 1. The summed E-state index contributed by atoms with van der Waals surface area (Å²) >= 11 is 3.50. The number of rotatable bonds is 5. The molecule has 0 fully saturated rings. The van der Waals surface area contributed by atoms with Gasteiger partial charge in [-0.3, -0.25) is 0 Å². The highest BCUT2D eigenvalue weighted by atomic mass is 79.9. The molecule has 0 spiro atoms. The molecule has 1 aromatic rings. The van der Waals surface area contributed by atoms with Crippen molar-refractivity contribution < 1.29 is 9.47 Å². The monoisotopic (exact) mass is 301 g/mol. The van der Waals surface area contributed by atoms with Crippen LogP contribution in [0.2, 0.25) is 0 Å². The SMILES string of the molecule is CNc1cc(Br)c(OC(C)C)cc1OC(C)C. The van der Waals surface area contributed by atoms with Gasteiger partial charge >= 0.3 is 0 Å². The van der Waals surface area contributed by atoms with Crippen LogP contribution in [-0.2, 0) is 0 Å². The molecular weight excluding hydrogens is 282 g/mol. The first-order chi connectivity index (χ1) is 7.93. The van der Waals surface area contributed by atoms with E-state index in [9.17, 15) is 0 Å². The predicted octanol–water partition coefficient (Wildman–Crippen LogP) is 4.07. The molecule has 0 aliphatic heterocycles. The first kappa shape index (κ1) is 14.2. The summed E-state index contributed by atoms with van der Waals surface area (Å²) in [7, 11) is 1.87. The van der Waals surface area contributed by atoms with Crippen molar-refractivity contribution in [3.8, 4) is 11.5 Å². The van der Waals surface area contributed by atoms with E-state index in [1.165, 1.54) is 0 Å². The highest BCUT2D eigenvalue weighted by Gasteiger charge is 2.12. The van der Waals surface area contributed by atoms with Gasteiger partial charge in [-0.05, 0) is 49.7 Å². The lowest BCUT2D eigenvalue weighted by Crippen LogP contribution is -2.10. The van der Waals surface area contributed by atoms with Crippen molar-refractivity contribution >= 4 is 21.6 Å². The van der Waals surface area contributed by atoms with Crippen molar-refractivity contribution in [3.63, 3.8) is 0 Å². The molecule has 1 N–H and O–H groups in total. The van der Waals surface area contributed by atoms with Gasteiger partial charge in [-0.2, -0.15) is 0 Å². The minimum Gasteiger partial charge on any atom is -0.490 e. The molecule has 1 rings (SSSR count). The highest BCUT2D eigenvalue weighted by Crippen LogP contribution is 2.37. The average Bonchev–Trinajstić information content (AvgIpc) is 2.21. The fraction of sp³-hybridized carbons (Fsp3) is 0.538. The summed E-state index contributed by atoms with van der Waals surface area (Å²) in [6.07, 6.45) is 0.272. The van der Waals surface area contributed by atoms with Crippen LogP contribution in [0, 0.1) is 0 Å². The van der Waals surface area contributed by atoms with E-state index < -0.39 is 0 Å². The lowest BCUT2D eigenvalue weighted by molar-refractivity contribution is 0.229. The Morgan fingerprint density at radius 2 is 1.53 bits per heavy atom. The molecule has 0 aromatic heterocycles. The Labute approximate surface area is 112 Å². The molecule has 0 aliphatic carbocycles. The van der Waals surface area contributed by atoms with Crippen LogP contribution >= 0.6 is 15.9 Å². The summed E-state index contributed by atoms with van der Waals surface area (Å²) in [5.41, 5.74) is 0.946. The van der Waals surface area contributed by atoms with Crippen LogP contribution in [0.25, 0.3) is 0 Å². The Morgan fingerprint density at radius 3 is 2.00 bits per heavy atom. The van der Waals surface area contributed by atoms with Crippen LogP contribution in [0.4, 0.5) is 5.69 Å². The summed E-state index contributed by atoms with van der Waals surface area (Å²) in [6.45, 7) is 8.01.